The van der Waals surface area contributed by atoms with E-state index in [2.05, 4.69) is 15.3 Å². The van der Waals surface area contributed by atoms with Crippen molar-refractivity contribution >= 4 is 5.82 Å². The van der Waals surface area contributed by atoms with Crippen molar-refractivity contribution in [2.75, 3.05) is 19.5 Å². The molecule has 0 saturated carbocycles. The fraction of sp³-hybridized carbons (Fsp3) is 0.231. The SMILES string of the molecule is COc1ccc(CNc2cncc(OC)n2)cc1. The van der Waals surface area contributed by atoms with E-state index >= 15 is 0 Å². The van der Waals surface area contributed by atoms with E-state index in [1.54, 1.807) is 26.6 Å². The topological polar surface area (TPSA) is 56.3 Å². The Bertz CT molecular complexity index is 500. The molecule has 0 aliphatic carbocycles. The molecule has 5 nitrogen and oxygen atoms in total. The van der Waals surface area contributed by atoms with Gasteiger partial charge in [-0.2, -0.15) is 4.98 Å². The summed E-state index contributed by atoms with van der Waals surface area (Å²) < 4.78 is 10.1. The van der Waals surface area contributed by atoms with Crippen molar-refractivity contribution in [1.82, 2.24) is 9.97 Å². The molecule has 1 N–H and O–H groups in total. The zero-order chi connectivity index (χ0) is 12.8. The largest absolute Gasteiger partial charge is 0.497 e. The van der Waals surface area contributed by atoms with E-state index in [1.807, 2.05) is 24.3 Å². The second-order valence-electron chi connectivity index (χ2n) is 3.65. The van der Waals surface area contributed by atoms with Crippen LogP contribution in [0.5, 0.6) is 11.6 Å². The Labute approximate surface area is 106 Å². The van der Waals surface area contributed by atoms with Crippen molar-refractivity contribution in [3.05, 3.63) is 42.2 Å². The zero-order valence-corrected chi connectivity index (χ0v) is 10.4. The zero-order valence-electron chi connectivity index (χ0n) is 10.4. The van der Waals surface area contributed by atoms with Gasteiger partial charge in [-0.05, 0) is 17.7 Å². The van der Waals surface area contributed by atoms with Gasteiger partial charge in [0, 0.05) is 6.54 Å². The van der Waals surface area contributed by atoms with Crippen LogP contribution in [0.15, 0.2) is 36.7 Å². The van der Waals surface area contributed by atoms with Gasteiger partial charge in [-0.3, -0.25) is 4.98 Å². The quantitative estimate of drug-likeness (QED) is 0.874. The van der Waals surface area contributed by atoms with Gasteiger partial charge in [-0.1, -0.05) is 12.1 Å². The van der Waals surface area contributed by atoms with Crippen LogP contribution in [-0.4, -0.2) is 24.2 Å². The molecular weight excluding hydrogens is 230 g/mol. The maximum absolute atomic E-state index is 5.10. The van der Waals surface area contributed by atoms with E-state index in [0.717, 1.165) is 11.3 Å². The number of benzene rings is 1. The molecule has 0 radical (unpaired) electrons. The van der Waals surface area contributed by atoms with Crippen LogP contribution in [0, 0.1) is 0 Å². The number of nitrogens with zero attached hydrogens (tertiary/aromatic N) is 2. The number of aromatic nitrogens is 2. The maximum Gasteiger partial charge on any atom is 0.233 e. The van der Waals surface area contributed by atoms with Gasteiger partial charge in [0.2, 0.25) is 5.88 Å². The number of anilines is 1. The summed E-state index contributed by atoms with van der Waals surface area (Å²) in [6.45, 7) is 0.672. The molecule has 0 amide bonds. The molecule has 18 heavy (non-hydrogen) atoms. The average molecular weight is 245 g/mol. The molecule has 94 valence electrons. The van der Waals surface area contributed by atoms with Gasteiger partial charge < -0.3 is 14.8 Å². The maximum atomic E-state index is 5.10. The number of ether oxygens (including phenoxy) is 2. The Morgan fingerprint density at radius 1 is 1.06 bits per heavy atom. The lowest BCUT2D eigenvalue weighted by atomic mass is 10.2. The van der Waals surface area contributed by atoms with Gasteiger partial charge in [0.25, 0.3) is 0 Å². The predicted octanol–water partition coefficient (Wildman–Crippen LogP) is 2.11. The van der Waals surface area contributed by atoms with Crippen molar-refractivity contribution in [2.24, 2.45) is 0 Å². The van der Waals surface area contributed by atoms with Crippen molar-refractivity contribution in [3.8, 4) is 11.6 Å². The predicted molar refractivity (Wildman–Crippen MR) is 68.9 cm³/mol. The monoisotopic (exact) mass is 245 g/mol. The number of hydrogen-bond acceptors (Lipinski definition) is 5. The van der Waals surface area contributed by atoms with Crippen LogP contribution in [0.1, 0.15) is 5.56 Å². The van der Waals surface area contributed by atoms with Crippen molar-refractivity contribution < 1.29 is 9.47 Å². The highest BCUT2D eigenvalue weighted by Crippen LogP contribution is 2.13. The first kappa shape index (κ1) is 12.2. The molecule has 0 atom stereocenters. The molecule has 2 aromatic rings. The molecule has 0 aliphatic rings. The first-order chi connectivity index (χ1) is 8.81. The van der Waals surface area contributed by atoms with E-state index in [-0.39, 0.29) is 0 Å². The standard InChI is InChI=1S/C13H15N3O2/c1-17-11-5-3-10(4-6-11)7-15-12-8-14-9-13(16-12)18-2/h3-6,8-9H,7H2,1-2H3,(H,15,16). The fourth-order valence-electron chi connectivity index (χ4n) is 1.47. The van der Waals surface area contributed by atoms with Gasteiger partial charge in [0.05, 0.1) is 26.6 Å². The summed E-state index contributed by atoms with van der Waals surface area (Å²) in [6, 6.07) is 7.85. The van der Waals surface area contributed by atoms with E-state index in [4.69, 9.17) is 9.47 Å². The second-order valence-corrected chi connectivity index (χ2v) is 3.65. The molecule has 0 saturated heterocycles. The molecule has 0 bridgehead atoms. The van der Waals surface area contributed by atoms with Crippen molar-refractivity contribution in [2.45, 2.75) is 6.54 Å². The van der Waals surface area contributed by atoms with E-state index < -0.39 is 0 Å². The molecule has 0 unspecified atom stereocenters. The van der Waals surface area contributed by atoms with Crippen LogP contribution >= 0.6 is 0 Å². The Morgan fingerprint density at radius 2 is 1.83 bits per heavy atom. The lowest BCUT2D eigenvalue weighted by Crippen LogP contribution is -2.02. The van der Waals surface area contributed by atoms with Crippen molar-refractivity contribution in [1.29, 1.82) is 0 Å². The lowest BCUT2D eigenvalue weighted by molar-refractivity contribution is 0.396. The van der Waals surface area contributed by atoms with Gasteiger partial charge in [-0.15, -0.1) is 0 Å². The van der Waals surface area contributed by atoms with Crippen LogP contribution < -0.4 is 14.8 Å². The second kappa shape index (κ2) is 5.86. The summed E-state index contributed by atoms with van der Waals surface area (Å²) in [5.74, 6) is 2.03. The molecule has 5 heteroatoms. The van der Waals surface area contributed by atoms with Gasteiger partial charge in [0.1, 0.15) is 11.6 Å². The normalized spacial score (nSPS) is 9.89. The van der Waals surface area contributed by atoms with Gasteiger partial charge in [0.15, 0.2) is 0 Å². The van der Waals surface area contributed by atoms with E-state index in [9.17, 15) is 0 Å². The molecule has 1 aromatic heterocycles. The Hall–Kier alpha value is -2.30. The van der Waals surface area contributed by atoms with E-state index in [1.165, 1.54) is 0 Å². The fourth-order valence-corrected chi connectivity index (χ4v) is 1.47. The smallest absolute Gasteiger partial charge is 0.233 e. The highest BCUT2D eigenvalue weighted by atomic mass is 16.5. The molecular formula is C13H15N3O2. The van der Waals surface area contributed by atoms with Crippen LogP contribution in [0.3, 0.4) is 0 Å². The summed E-state index contributed by atoms with van der Waals surface area (Å²) in [6.07, 6.45) is 3.23. The van der Waals surface area contributed by atoms with Gasteiger partial charge in [-0.25, -0.2) is 0 Å². The van der Waals surface area contributed by atoms with E-state index in [0.29, 0.717) is 18.2 Å². The molecule has 0 aliphatic heterocycles. The van der Waals surface area contributed by atoms with Crippen LogP contribution in [-0.2, 0) is 6.54 Å². The number of rotatable bonds is 5. The third-order valence-electron chi connectivity index (χ3n) is 2.45. The minimum atomic E-state index is 0.495. The molecule has 1 aromatic carbocycles. The number of nitrogens with one attached hydrogen (secondary N) is 1. The molecule has 0 fully saturated rings. The van der Waals surface area contributed by atoms with Crippen LogP contribution in [0.2, 0.25) is 0 Å². The minimum Gasteiger partial charge on any atom is -0.497 e. The summed E-state index contributed by atoms with van der Waals surface area (Å²) in [5, 5.41) is 3.18. The van der Waals surface area contributed by atoms with Crippen molar-refractivity contribution in [3.63, 3.8) is 0 Å². The first-order valence-electron chi connectivity index (χ1n) is 5.54. The highest BCUT2D eigenvalue weighted by molar-refractivity contribution is 5.36. The third kappa shape index (κ3) is 3.10. The lowest BCUT2D eigenvalue weighted by Gasteiger charge is -2.07. The summed E-state index contributed by atoms with van der Waals surface area (Å²) in [4.78, 5) is 8.24. The van der Waals surface area contributed by atoms with Crippen LogP contribution in [0.4, 0.5) is 5.82 Å². The molecule has 2 rings (SSSR count). The van der Waals surface area contributed by atoms with Crippen LogP contribution in [0.25, 0.3) is 0 Å². The summed E-state index contributed by atoms with van der Waals surface area (Å²) >= 11 is 0. The minimum absolute atomic E-state index is 0.495. The highest BCUT2D eigenvalue weighted by Gasteiger charge is 1.99. The third-order valence-corrected chi connectivity index (χ3v) is 2.45. The first-order valence-corrected chi connectivity index (χ1v) is 5.54. The summed E-state index contributed by atoms with van der Waals surface area (Å²) in [7, 11) is 3.22. The molecule has 1 heterocycles. The number of methoxy groups -OCH3 is 2. The molecule has 0 spiro atoms. The Kier molecular flexibility index (Phi) is 3.96. The Balaban J connectivity index is 1.97. The average Bonchev–Trinajstić information content (AvgIpc) is 2.46. The summed E-state index contributed by atoms with van der Waals surface area (Å²) in [5.41, 5.74) is 1.14. The Morgan fingerprint density at radius 3 is 2.50 bits per heavy atom. The van der Waals surface area contributed by atoms with Gasteiger partial charge >= 0.3 is 0 Å². The number of hydrogen-bond donors (Lipinski definition) is 1.